The molecule has 5 N–H and O–H groups in total. The monoisotopic (exact) mass is 683 g/mol. The molecule has 12 heteroatoms. The highest BCUT2D eigenvalue weighted by atomic mass is 32.1. The molecule has 4 heterocycles. The molecule has 0 radical (unpaired) electrons. The predicted octanol–water partition coefficient (Wildman–Crippen LogP) is 6.65. The zero-order chi connectivity index (χ0) is 34.9. The van der Waals surface area contributed by atoms with Gasteiger partial charge in [-0.15, -0.1) is 11.3 Å². The Morgan fingerprint density at radius 3 is 2.57 bits per heavy atom. The van der Waals surface area contributed by atoms with Gasteiger partial charge in [0.1, 0.15) is 34.3 Å². The molecule has 0 bridgehead atoms. The van der Waals surface area contributed by atoms with Gasteiger partial charge < -0.3 is 15.0 Å². The van der Waals surface area contributed by atoms with Gasteiger partial charge in [-0.05, 0) is 101 Å². The third-order valence-corrected chi connectivity index (χ3v) is 11.8. The smallest absolute Gasteiger partial charge is 0.269 e. The molecule has 2 aliphatic carbocycles. The highest BCUT2D eigenvalue weighted by Crippen LogP contribution is 2.51. The Bertz CT molecular complexity index is 1700. The van der Waals surface area contributed by atoms with E-state index >= 15 is 0 Å². The number of nitrogens with one attached hydrogen (secondary N) is 5. The molecule has 1 amide bonds. The lowest BCUT2D eigenvalue weighted by Gasteiger charge is -2.53. The minimum atomic E-state index is -0.405. The van der Waals surface area contributed by atoms with Crippen molar-refractivity contribution >= 4 is 51.2 Å². The number of anilines is 1. The lowest BCUT2D eigenvalue weighted by Crippen LogP contribution is -2.52. The zero-order valence-corrected chi connectivity index (χ0v) is 29.9. The Balaban J connectivity index is 1.02. The number of amides is 1. The van der Waals surface area contributed by atoms with Crippen LogP contribution in [0.3, 0.4) is 0 Å². The number of carbonyl (C=O) groups excluding carboxylic acids is 1. The van der Waals surface area contributed by atoms with Crippen molar-refractivity contribution in [3.63, 3.8) is 0 Å². The maximum Gasteiger partial charge on any atom is 0.269 e. The average Bonchev–Trinajstić information content (AvgIpc) is 3.30. The molecule has 49 heavy (non-hydrogen) atoms. The van der Waals surface area contributed by atoms with Gasteiger partial charge in [0.15, 0.2) is 0 Å². The first-order valence-corrected chi connectivity index (χ1v) is 18.4. The molecule has 2 aromatic rings. The highest BCUT2D eigenvalue weighted by Gasteiger charge is 2.47. The topological polar surface area (TPSA) is 165 Å². The maximum atomic E-state index is 12.5. The van der Waals surface area contributed by atoms with Crippen LogP contribution < -0.4 is 15.0 Å². The minimum Gasteiger partial charge on any atom is -0.477 e. The fraction of sp³-hybridized carbons (Fsp3) is 0.541. The normalized spacial score (nSPS) is 24.2. The Kier molecular flexibility index (Phi) is 10.1. The Morgan fingerprint density at radius 1 is 1.12 bits per heavy atom. The van der Waals surface area contributed by atoms with Crippen molar-refractivity contribution in [2.24, 2.45) is 16.3 Å². The zero-order valence-electron chi connectivity index (χ0n) is 29.1. The van der Waals surface area contributed by atoms with Crippen LogP contribution in [0.2, 0.25) is 0 Å². The van der Waals surface area contributed by atoms with E-state index in [1.54, 1.807) is 35.4 Å². The largest absolute Gasteiger partial charge is 0.477 e. The third kappa shape index (κ3) is 7.39. The molecule has 6 rings (SSSR count). The number of hydrogen-bond acceptors (Lipinski definition) is 9. The van der Waals surface area contributed by atoms with Crippen LogP contribution in [-0.4, -0.2) is 76.5 Å². The number of likely N-dealkylation sites (tertiary alicyclic amines) is 1. The Morgan fingerprint density at radius 2 is 1.88 bits per heavy atom. The molecule has 0 unspecified atom stereocenters. The third-order valence-electron chi connectivity index (χ3n) is 10.6. The van der Waals surface area contributed by atoms with E-state index in [4.69, 9.17) is 31.4 Å². The maximum absolute atomic E-state index is 12.5. The van der Waals surface area contributed by atoms with Crippen molar-refractivity contribution in [3.05, 3.63) is 52.0 Å². The van der Waals surface area contributed by atoms with Crippen molar-refractivity contribution in [2.45, 2.75) is 97.6 Å². The first-order valence-electron chi connectivity index (χ1n) is 17.6. The second-order valence-corrected chi connectivity index (χ2v) is 15.6. The second-order valence-electron chi connectivity index (χ2n) is 14.4. The van der Waals surface area contributed by atoms with E-state index in [9.17, 15) is 4.79 Å². The van der Waals surface area contributed by atoms with Crippen LogP contribution >= 0.6 is 11.3 Å². The number of thiophene rings is 1. The van der Waals surface area contributed by atoms with Crippen LogP contribution in [0, 0.1) is 46.8 Å². The summed E-state index contributed by atoms with van der Waals surface area (Å²) < 4.78 is 6.16. The van der Waals surface area contributed by atoms with Crippen LogP contribution in [0.4, 0.5) is 5.00 Å². The summed E-state index contributed by atoms with van der Waals surface area (Å²) in [5.41, 5.74) is 3.80. The van der Waals surface area contributed by atoms with Crippen LogP contribution in [0.25, 0.3) is 0 Å². The standard InChI is InChI=1S/C37H49N9O2S/c1-22-24(3)49-36-32(22)33(43-23(2)34(41)46(36)25(4)38)27-11-14-31(42-19-27)48-20-26-17-37(18-26)15-8-16-45(21-37)30(40)13-12-29(39)35(47)44-28-9-6-5-7-10-28/h11-14,19,23,26,28,38-41H,5-10,15-18,20-21H2,1-4H3,(H,44,47)/b13-12-,38-25?,39-29?,40-30?,41-34?/t23-,26?,37?/m0/s1. The van der Waals surface area contributed by atoms with Crippen LogP contribution in [0.15, 0.2) is 35.5 Å². The van der Waals surface area contributed by atoms with Crippen molar-refractivity contribution < 1.29 is 9.53 Å². The summed E-state index contributed by atoms with van der Waals surface area (Å²) in [6.07, 6.45) is 14.6. The molecular formula is C37H49N9O2S. The number of fused-ring (bicyclic) bond motifs is 1. The summed E-state index contributed by atoms with van der Waals surface area (Å²) >= 11 is 1.59. The number of nitrogens with zero attached hydrogens (tertiary/aromatic N) is 4. The molecule has 1 atom stereocenters. The molecular weight excluding hydrogens is 635 g/mol. The molecule has 0 aromatic carbocycles. The molecule has 2 aromatic heterocycles. The molecule has 2 aliphatic heterocycles. The van der Waals surface area contributed by atoms with E-state index < -0.39 is 6.04 Å². The molecule has 1 saturated heterocycles. The van der Waals surface area contributed by atoms with E-state index in [0.29, 0.717) is 35.9 Å². The predicted molar refractivity (Wildman–Crippen MR) is 198 cm³/mol. The number of ether oxygens (including phenoxy) is 1. The number of pyridine rings is 1. The molecule has 11 nitrogen and oxygen atoms in total. The van der Waals surface area contributed by atoms with Crippen LogP contribution in [-0.2, 0) is 4.79 Å². The Labute approximate surface area is 293 Å². The van der Waals surface area contributed by atoms with E-state index in [0.717, 1.165) is 96.7 Å². The summed E-state index contributed by atoms with van der Waals surface area (Å²) in [7, 11) is 0. The van der Waals surface area contributed by atoms with Gasteiger partial charge in [-0.25, -0.2) is 4.98 Å². The van der Waals surface area contributed by atoms with Gasteiger partial charge in [0.05, 0.1) is 12.3 Å². The van der Waals surface area contributed by atoms with Crippen LogP contribution in [0.5, 0.6) is 5.88 Å². The summed E-state index contributed by atoms with van der Waals surface area (Å²) in [4.78, 5) is 27.0. The number of aliphatic imine (C=N–C) groups is 1. The minimum absolute atomic E-state index is 0.0900. The van der Waals surface area contributed by atoms with E-state index in [2.05, 4.69) is 29.0 Å². The van der Waals surface area contributed by atoms with Gasteiger partial charge in [-0.3, -0.25) is 36.3 Å². The number of piperidine rings is 1. The molecule has 2 saturated carbocycles. The van der Waals surface area contributed by atoms with E-state index in [-0.39, 0.29) is 23.1 Å². The molecule has 1 spiro atoms. The highest BCUT2D eigenvalue weighted by molar-refractivity contribution is 7.17. The number of aromatic nitrogens is 1. The summed E-state index contributed by atoms with van der Waals surface area (Å²) in [6.45, 7) is 9.97. The van der Waals surface area contributed by atoms with Crippen LogP contribution in [0.1, 0.15) is 93.2 Å². The lowest BCUT2D eigenvalue weighted by molar-refractivity contribution is -0.115. The molecule has 260 valence electrons. The fourth-order valence-corrected chi connectivity index (χ4v) is 9.13. The number of hydrogen-bond donors (Lipinski definition) is 5. The van der Waals surface area contributed by atoms with Gasteiger partial charge in [-0.1, -0.05) is 19.3 Å². The Hall–Kier alpha value is -4.19. The second kappa shape index (κ2) is 14.3. The fourth-order valence-electron chi connectivity index (χ4n) is 7.90. The first-order chi connectivity index (χ1) is 23.4. The SMILES string of the molecule is CC(=N)N1C(=N)[C@H](C)N=C(c2ccc(OCC3CC4(CCCN(C(=N)/C=C\C(=N)C(=O)NC5CCCCC5)C4)C3)nc2)c2c1sc(C)c2C. The summed E-state index contributed by atoms with van der Waals surface area (Å²) in [5.74, 6) is 1.61. The number of aryl methyl sites for hydroxylation is 1. The first kappa shape index (κ1) is 34.7. The molecule has 3 fully saturated rings. The quantitative estimate of drug-likeness (QED) is 0.155. The van der Waals surface area contributed by atoms with Gasteiger partial charge in [0.2, 0.25) is 5.88 Å². The number of amidine groups is 3. The molecule has 4 aliphatic rings. The van der Waals surface area contributed by atoms with Crippen molar-refractivity contribution in [1.82, 2.24) is 15.2 Å². The van der Waals surface area contributed by atoms with E-state index in [1.807, 2.05) is 19.1 Å². The lowest BCUT2D eigenvalue weighted by atomic mass is 9.58. The van der Waals surface area contributed by atoms with Gasteiger partial charge in [-0.2, -0.15) is 0 Å². The van der Waals surface area contributed by atoms with E-state index in [1.165, 1.54) is 12.5 Å². The van der Waals surface area contributed by atoms with Gasteiger partial charge >= 0.3 is 0 Å². The average molecular weight is 684 g/mol. The van der Waals surface area contributed by atoms with Crippen molar-refractivity contribution in [3.8, 4) is 5.88 Å². The van der Waals surface area contributed by atoms with Crippen molar-refractivity contribution in [2.75, 3.05) is 24.6 Å². The summed E-state index contributed by atoms with van der Waals surface area (Å²) in [6, 6.07) is 3.64. The van der Waals surface area contributed by atoms with Gasteiger partial charge in [0.25, 0.3) is 5.91 Å². The number of rotatable bonds is 8. The summed E-state index contributed by atoms with van der Waals surface area (Å²) in [5, 5.41) is 37.8. The van der Waals surface area contributed by atoms with Crippen molar-refractivity contribution in [1.29, 1.82) is 21.6 Å². The number of carbonyl (C=O) groups is 1. The van der Waals surface area contributed by atoms with Gasteiger partial charge in [0, 0.05) is 47.4 Å².